The van der Waals surface area contributed by atoms with Crippen molar-refractivity contribution in [3.05, 3.63) is 82.1 Å². The smallest absolute Gasteiger partial charge is 0.273 e. The Morgan fingerprint density at radius 2 is 1.66 bits per heavy atom. The van der Waals surface area contributed by atoms with Gasteiger partial charge in [-0.15, -0.1) is 0 Å². The van der Waals surface area contributed by atoms with Gasteiger partial charge in [0.1, 0.15) is 0 Å². The predicted molar refractivity (Wildman–Crippen MR) is 124 cm³/mol. The third-order valence-corrected chi connectivity index (χ3v) is 4.99. The van der Waals surface area contributed by atoms with Crippen LogP contribution in [0.15, 0.2) is 54.7 Å². The number of hydrogen-bond acceptors (Lipinski definition) is 4. The van der Waals surface area contributed by atoms with E-state index in [9.17, 15) is 14.4 Å². The molecule has 0 unspecified atom stereocenters. The number of rotatable bonds is 8. The van der Waals surface area contributed by atoms with Crippen LogP contribution < -0.4 is 10.6 Å². The van der Waals surface area contributed by atoms with Crippen molar-refractivity contribution < 1.29 is 14.4 Å². The number of aryl methyl sites for hydroxylation is 1. The summed E-state index contributed by atoms with van der Waals surface area (Å²) in [6.07, 6.45) is 1.60. The highest BCUT2D eigenvalue weighted by Gasteiger charge is 2.22. The van der Waals surface area contributed by atoms with Crippen LogP contribution in [0.3, 0.4) is 0 Å². The van der Waals surface area contributed by atoms with E-state index < -0.39 is 5.91 Å². The van der Waals surface area contributed by atoms with Gasteiger partial charge in [0.05, 0.1) is 11.3 Å². The molecule has 3 rings (SSSR count). The molecule has 0 atom stereocenters. The van der Waals surface area contributed by atoms with Gasteiger partial charge in [-0.25, -0.2) is 0 Å². The summed E-state index contributed by atoms with van der Waals surface area (Å²) in [7, 11) is 0. The number of nitrogens with one attached hydrogen (secondary N) is 2. The summed E-state index contributed by atoms with van der Waals surface area (Å²) in [5.74, 6) is -0.897. The van der Waals surface area contributed by atoms with Crippen molar-refractivity contribution in [2.45, 2.75) is 27.3 Å². The largest absolute Gasteiger partial charge is 0.350 e. The molecule has 0 spiro atoms. The van der Waals surface area contributed by atoms with Crippen LogP contribution in [0.2, 0.25) is 5.02 Å². The Labute approximate surface area is 191 Å². The Morgan fingerprint density at radius 1 is 1.00 bits per heavy atom. The van der Waals surface area contributed by atoms with E-state index in [2.05, 4.69) is 15.7 Å². The third kappa shape index (κ3) is 5.42. The average molecular weight is 453 g/mol. The maximum Gasteiger partial charge on any atom is 0.273 e. The van der Waals surface area contributed by atoms with Crippen molar-refractivity contribution in [1.29, 1.82) is 0 Å². The van der Waals surface area contributed by atoms with Crippen LogP contribution in [0.25, 0.3) is 0 Å². The minimum absolute atomic E-state index is 0.127. The topological polar surface area (TPSA) is 93.1 Å². The number of hydrogen-bond donors (Lipinski definition) is 2. The van der Waals surface area contributed by atoms with E-state index >= 15 is 0 Å². The Morgan fingerprint density at radius 3 is 2.28 bits per heavy atom. The van der Waals surface area contributed by atoms with Crippen molar-refractivity contribution >= 4 is 34.9 Å². The van der Waals surface area contributed by atoms with E-state index in [4.69, 9.17) is 11.6 Å². The lowest BCUT2D eigenvalue weighted by molar-refractivity contribution is 0.0943. The second kappa shape index (κ2) is 10.2. The highest BCUT2D eigenvalue weighted by molar-refractivity contribution is 6.30. The van der Waals surface area contributed by atoms with Crippen LogP contribution in [0.4, 0.5) is 5.69 Å². The number of amides is 2. The molecule has 0 aliphatic carbocycles. The first kappa shape index (κ1) is 23.2. The molecule has 7 nitrogen and oxygen atoms in total. The standard InChI is InChI=1S/C24H25ClN4O3/c1-4-29-14-20(21(28-29)24(32)26-13-15(2)3)27-23(31)19-8-6-5-7-18(19)22(30)16-9-11-17(25)12-10-16/h5-12,14-15H,4,13H2,1-3H3,(H,26,32)(H,27,31). The second-order valence-electron chi connectivity index (χ2n) is 7.69. The van der Waals surface area contributed by atoms with Crippen LogP contribution in [-0.4, -0.2) is 33.9 Å². The summed E-state index contributed by atoms with van der Waals surface area (Å²) >= 11 is 5.91. The van der Waals surface area contributed by atoms with Gasteiger partial charge in [0.15, 0.2) is 11.5 Å². The molecule has 2 amide bonds. The number of ketones is 1. The summed E-state index contributed by atoms with van der Waals surface area (Å²) < 4.78 is 1.57. The lowest BCUT2D eigenvalue weighted by Crippen LogP contribution is -2.29. The van der Waals surface area contributed by atoms with Gasteiger partial charge in [0.25, 0.3) is 11.8 Å². The van der Waals surface area contributed by atoms with Gasteiger partial charge in [-0.1, -0.05) is 43.6 Å². The fourth-order valence-corrected chi connectivity index (χ4v) is 3.17. The number of nitrogens with zero attached hydrogens (tertiary/aromatic N) is 2. The zero-order valence-electron chi connectivity index (χ0n) is 18.2. The number of benzene rings is 2. The number of anilines is 1. The molecular formula is C24H25ClN4O3. The zero-order chi connectivity index (χ0) is 23.3. The van der Waals surface area contributed by atoms with E-state index in [1.165, 1.54) is 0 Å². The molecule has 1 aromatic heterocycles. The predicted octanol–water partition coefficient (Wildman–Crippen LogP) is 4.43. The molecule has 2 N–H and O–H groups in total. The Balaban J connectivity index is 1.88. The van der Waals surface area contributed by atoms with Crippen LogP contribution in [-0.2, 0) is 6.54 Å². The lowest BCUT2D eigenvalue weighted by Gasteiger charge is -2.10. The Bertz CT molecular complexity index is 1140. The first-order chi connectivity index (χ1) is 15.3. The summed E-state index contributed by atoms with van der Waals surface area (Å²) in [6.45, 7) is 6.88. The highest BCUT2D eigenvalue weighted by atomic mass is 35.5. The van der Waals surface area contributed by atoms with E-state index in [0.29, 0.717) is 23.7 Å². The van der Waals surface area contributed by atoms with E-state index in [-0.39, 0.29) is 40.1 Å². The summed E-state index contributed by atoms with van der Waals surface area (Å²) in [4.78, 5) is 38.7. The van der Waals surface area contributed by atoms with Crippen LogP contribution in [0, 0.1) is 5.92 Å². The highest BCUT2D eigenvalue weighted by Crippen LogP contribution is 2.20. The Kier molecular flexibility index (Phi) is 7.43. The molecule has 0 bridgehead atoms. The van der Waals surface area contributed by atoms with Gasteiger partial charge in [-0.2, -0.15) is 5.10 Å². The number of carbonyl (C=O) groups is 3. The van der Waals surface area contributed by atoms with Crippen LogP contribution >= 0.6 is 11.6 Å². The van der Waals surface area contributed by atoms with Gasteiger partial charge >= 0.3 is 0 Å². The quantitative estimate of drug-likeness (QED) is 0.494. The van der Waals surface area contributed by atoms with E-state index in [1.807, 2.05) is 20.8 Å². The van der Waals surface area contributed by atoms with Gasteiger partial charge in [-0.3, -0.25) is 19.1 Å². The average Bonchev–Trinajstić information content (AvgIpc) is 3.20. The van der Waals surface area contributed by atoms with Crippen molar-refractivity contribution in [3.8, 4) is 0 Å². The molecule has 8 heteroatoms. The molecule has 0 fully saturated rings. The molecule has 2 aromatic carbocycles. The molecule has 0 aliphatic heterocycles. The normalized spacial score (nSPS) is 10.8. The van der Waals surface area contributed by atoms with Crippen molar-refractivity contribution in [2.24, 2.45) is 5.92 Å². The third-order valence-electron chi connectivity index (χ3n) is 4.74. The fraction of sp³-hybridized carbons (Fsp3) is 0.250. The van der Waals surface area contributed by atoms with Crippen LogP contribution in [0.5, 0.6) is 0 Å². The van der Waals surface area contributed by atoms with Crippen molar-refractivity contribution in [2.75, 3.05) is 11.9 Å². The van der Waals surface area contributed by atoms with Crippen molar-refractivity contribution in [3.63, 3.8) is 0 Å². The number of carbonyl (C=O) groups excluding carboxylic acids is 3. The first-order valence-electron chi connectivity index (χ1n) is 10.4. The monoisotopic (exact) mass is 452 g/mol. The molecule has 0 radical (unpaired) electrons. The molecule has 166 valence electrons. The molecule has 0 aliphatic rings. The number of aromatic nitrogens is 2. The zero-order valence-corrected chi connectivity index (χ0v) is 18.9. The molecule has 0 saturated carbocycles. The Hall–Kier alpha value is -3.45. The first-order valence-corrected chi connectivity index (χ1v) is 10.7. The van der Waals surface area contributed by atoms with Gasteiger partial charge in [0, 0.05) is 35.4 Å². The van der Waals surface area contributed by atoms with Crippen LogP contribution in [0.1, 0.15) is 57.5 Å². The molecular weight excluding hydrogens is 428 g/mol. The maximum atomic E-state index is 13.1. The molecule has 1 heterocycles. The summed E-state index contributed by atoms with van der Waals surface area (Å²) in [6, 6.07) is 13.0. The minimum atomic E-state index is -0.503. The molecule has 3 aromatic rings. The summed E-state index contributed by atoms with van der Waals surface area (Å²) in [5, 5.41) is 10.4. The molecule has 0 saturated heterocycles. The minimum Gasteiger partial charge on any atom is -0.350 e. The maximum absolute atomic E-state index is 13.1. The van der Waals surface area contributed by atoms with E-state index in [0.717, 1.165) is 0 Å². The fourth-order valence-electron chi connectivity index (χ4n) is 3.05. The van der Waals surface area contributed by atoms with Gasteiger partial charge in [0.2, 0.25) is 0 Å². The lowest BCUT2D eigenvalue weighted by atomic mass is 9.98. The SMILES string of the molecule is CCn1cc(NC(=O)c2ccccc2C(=O)c2ccc(Cl)cc2)c(C(=O)NCC(C)C)n1. The molecule has 32 heavy (non-hydrogen) atoms. The second-order valence-corrected chi connectivity index (χ2v) is 8.12. The summed E-state index contributed by atoms with van der Waals surface area (Å²) in [5.41, 5.74) is 1.28. The van der Waals surface area contributed by atoms with Gasteiger partial charge < -0.3 is 10.6 Å². The van der Waals surface area contributed by atoms with Crippen molar-refractivity contribution in [1.82, 2.24) is 15.1 Å². The van der Waals surface area contributed by atoms with E-state index in [1.54, 1.807) is 59.4 Å². The van der Waals surface area contributed by atoms with Gasteiger partial charge in [-0.05, 0) is 43.2 Å². The number of halogens is 1.